The van der Waals surface area contributed by atoms with E-state index in [1.54, 1.807) is 0 Å². The van der Waals surface area contributed by atoms with Crippen molar-refractivity contribution in [1.29, 1.82) is 0 Å². The summed E-state index contributed by atoms with van der Waals surface area (Å²) in [6, 6.07) is 8.32. The van der Waals surface area contributed by atoms with Gasteiger partial charge in [0, 0.05) is 4.47 Å². The van der Waals surface area contributed by atoms with E-state index in [0.717, 1.165) is 17.3 Å². The third-order valence-corrected chi connectivity index (χ3v) is 3.21. The van der Waals surface area contributed by atoms with Crippen LogP contribution in [-0.4, -0.2) is 12.6 Å². The van der Waals surface area contributed by atoms with Gasteiger partial charge in [-0.2, -0.15) is 0 Å². The zero-order chi connectivity index (χ0) is 9.97. The third kappa shape index (κ3) is 1.98. The molecule has 0 unspecified atom stereocenters. The Morgan fingerprint density at radius 1 is 1.29 bits per heavy atom. The van der Waals surface area contributed by atoms with Gasteiger partial charge in [0.25, 0.3) is 6.47 Å². The lowest BCUT2D eigenvalue weighted by Crippen LogP contribution is -2.29. The molecule has 14 heavy (non-hydrogen) atoms. The van der Waals surface area contributed by atoms with Crippen LogP contribution in [0.5, 0.6) is 0 Å². The molecule has 0 aliphatic heterocycles. The van der Waals surface area contributed by atoms with Crippen LogP contribution in [0.4, 0.5) is 0 Å². The number of halogens is 1. The van der Waals surface area contributed by atoms with Crippen molar-refractivity contribution < 1.29 is 9.53 Å². The first-order chi connectivity index (χ1) is 6.79. The van der Waals surface area contributed by atoms with Crippen molar-refractivity contribution in [2.45, 2.75) is 24.9 Å². The number of carbonyl (C=O) groups excluding carboxylic acids is 1. The first-order valence-electron chi connectivity index (χ1n) is 4.64. The fourth-order valence-electron chi connectivity index (χ4n) is 1.76. The molecule has 0 bridgehead atoms. The maximum Gasteiger partial charge on any atom is 0.293 e. The zero-order valence-corrected chi connectivity index (χ0v) is 9.24. The second-order valence-electron chi connectivity index (χ2n) is 3.57. The molecule has 74 valence electrons. The minimum absolute atomic E-state index is 0.140. The van der Waals surface area contributed by atoms with Crippen molar-refractivity contribution in [2.24, 2.45) is 0 Å². The van der Waals surface area contributed by atoms with Crippen molar-refractivity contribution in [3.63, 3.8) is 0 Å². The van der Waals surface area contributed by atoms with Gasteiger partial charge in [-0.15, -0.1) is 0 Å². The first kappa shape index (κ1) is 9.71. The van der Waals surface area contributed by atoms with Gasteiger partial charge in [0.15, 0.2) is 0 Å². The number of ether oxygens (including phenoxy) is 1. The van der Waals surface area contributed by atoms with Gasteiger partial charge < -0.3 is 4.74 Å². The average molecular weight is 255 g/mol. The van der Waals surface area contributed by atoms with E-state index in [4.69, 9.17) is 4.74 Å². The van der Waals surface area contributed by atoms with Crippen molar-refractivity contribution in [3.8, 4) is 0 Å². The molecule has 0 aromatic heterocycles. The van der Waals surface area contributed by atoms with Crippen LogP contribution in [0.2, 0.25) is 0 Å². The van der Waals surface area contributed by atoms with E-state index < -0.39 is 0 Å². The van der Waals surface area contributed by atoms with E-state index in [1.165, 1.54) is 5.56 Å². The molecule has 0 amide bonds. The SMILES string of the molecule is O=COC1CC(c2ccc(Br)cc2)C1. The second-order valence-corrected chi connectivity index (χ2v) is 4.49. The molecule has 1 saturated carbocycles. The van der Waals surface area contributed by atoms with Crippen LogP contribution in [0.25, 0.3) is 0 Å². The van der Waals surface area contributed by atoms with E-state index in [0.29, 0.717) is 12.4 Å². The Kier molecular flexibility index (Phi) is 2.87. The molecule has 0 heterocycles. The predicted molar refractivity (Wildman–Crippen MR) is 57.1 cm³/mol. The van der Waals surface area contributed by atoms with Crippen molar-refractivity contribution >= 4 is 22.4 Å². The lowest BCUT2D eigenvalue weighted by atomic mass is 9.77. The van der Waals surface area contributed by atoms with Crippen molar-refractivity contribution in [3.05, 3.63) is 34.3 Å². The van der Waals surface area contributed by atoms with Gasteiger partial charge in [-0.3, -0.25) is 4.79 Å². The predicted octanol–water partition coefficient (Wildman–Crippen LogP) is 2.87. The lowest BCUT2D eigenvalue weighted by Gasteiger charge is -2.33. The van der Waals surface area contributed by atoms with Crippen LogP contribution in [0.15, 0.2) is 28.7 Å². The van der Waals surface area contributed by atoms with Crippen LogP contribution in [-0.2, 0) is 9.53 Å². The Morgan fingerprint density at radius 3 is 2.50 bits per heavy atom. The molecule has 0 atom stereocenters. The highest BCUT2D eigenvalue weighted by Crippen LogP contribution is 2.38. The molecule has 1 aliphatic carbocycles. The number of benzene rings is 1. The largest absolute Gasteiger partial charge is 0.465 e. The molecule has 3 heteroatoms. The molecular weight excluding hydrogens is 244 g/mol. The number of hydrogen-bond acceptors (Lipinski definition) is 2. The number of carbonyl (C=O) groups is 1. The minimum atomic E-state index is 0.140. The molecule has 1 fully saturated rings. The smallest absolute Gasteiger partial charge is 0.293 e. The van der Waals surface area contributed by atoms with E-state index in [9.17, 15) is 4.79 Å². The van der Waals surface area contributed by atoms with Gasteiger partial charge in [-0.25, -0.2) is 0 Å². The summed E-state index contributed by atoms with van der Waals surface area (Å²) in [5, 5.41) is 0. The molecule has 0 N–H and O–H groups in total. The Balaban J connectivity index is 1.93. The lowest BCUT2D eigenvalue weighted by molar-refractivity contribution is -0.138. The Labute approximate surface area is 91.4 Å². The topological polar surface area (TPSA) is 26.3 Å². The molecule has 1 aromatic carbocycles. The average Bonchev–Trinajstić information content (AvgIpc) is 2.13. The monoisotopic (exact) mass is 254 g/mol. The van der Waals surface area contributed by atoms with Gasteiger partial charge in [-0.05, 0) is 36.5 Å². The highest BCUT2D eigenvalue weighted by Gasteiger charge is 2.31. The molecule has 0 radical (unpaired) electrons. The van der Waals surface area contributed by atoms with Crippen LogP contribution in [0, 0.1) is 0 Å². The van der Waals surface area contributed by atoms with Crippen LogP contribution in [0.3, 0.4) is 0 Å². The van der Waals surface area contributed by atoms with Gasteiger partial charge in [0.05, 0.1) is 0 Å². The van der Waals surface area contributed by atoms with Crippen molar-refractivity contribution in [1.82, 2.24) is 0 Å². The standard InChI is InChI=1S/C11H11BrO2/c12-10-3-1-8(2-4-10)9-5-11(6-9)14-7-13/h1-4,7,9,11H,5-6H2. The summed E-state index contributed by atoms with van der Waals surface area (Å²) in [5.41, 5.74) is 1.33. The van der Waals surface area contributed by atoms with Crippen LogP contribution >= 0.6 is 15.9 Å². The fraction of sp³-hybridized carbons (Fsp3) is 0.364. The summed E-state index contributed by atoms with van der Waals surface area (Å²) in [7, 11) is 0. The molecule has 0 saturated heterocycles. The summed E-state index contributed by atoms with van der Waals surface area (Å²) in [4.78, 5) is 10.1. The highest BCUT2D eigenvalue weighted by molar-refractivity contribution is 9.10. The van der Waals surface area contributed by atoms with Crippen molar-refractivity contribution in [2.75, 3.05) is 0 Å². The molecule has 2 rings (SSSR count). The first-order valence-corrected chi connectivity index (χ1v) is 5.43. The Bertz CT molecular complexity index is 315. The maximum atomic E-state index is 10.1. The summed E-state index contributed by atoms with van der Waals surface area (Å²) in [6.07, 6.45) is 2.06. The summed E-state index contributed by atoms with van der Waals surface area (Å²) in [6.45, 7) is 0.544. The summed E-state index contributed by atoms with van der Waals surface area (Å²) in [5.74, 6) is 0.563. The van der Waals surface area contributed by atoms with Crippen LogP contribution in [0.1, 0.15) is 24.3 Å². The Morgan fingerprint density at radius 2 is 1.93 bits per heavy atom. The molecule has 2 nitrogen and oxygen atoms in total. The van der Waals surface area contributed by atoms with E-state index in [-0.39, 0.29) is 6.10 Å². The van der Waals surface area contributed by atoms with Gasteiger partial charge in [0.1, 0.15) is 6.10 Å². The molecule has 1 aliphatic rings. The van der Waals surface area contributed by atoms with Crippen LogP contribution < -0.4 is 0 Å². The fourth-order valence-corrected chi connectivity index (χ4v) is 2.03. The van der Waals surface area contributed by atoms with Gasteiger partial charge >= 0.3 is 0 Å². The minimum Gasteiger partial charge on any atom is -0.465 e. The molecule has 0 spiro atoms. The second kappa shape index (κ2) is 4.13. The van der Waals surface area contributed by atoms with E-state index in [1.807, 2.05) is 12.1 Å². The summed E-state index contributed by atoms with van der Waals surface area (Å²) < 4.78 is 5.96. The third-order valence-electron chi connectivity index (χ3n) is 2.68. The van der Waals surface area contributed by atoms with E-state index >= 15 is 0 Å². The maximum absolute atomic E-state index is 10.1. The zero-order valence-electron chi connectivity index (χ0n) is 7.65. The Hall–Kier alpha value is -0.830. The highest BCUT2D eigenvalue weighted by atomic mass is 79.9. The molecule has 1 aromatic rings. The number of rotatable bonds is 3. The quantitative estimate of drug-likeness (QED) is 0.776. The summed E-state index contributed by atoms with van der Waals surface area (Å²) >= 11 is 3.40. The number of hydrogen-bond donors (Lipinski definition) is 0. The molecular formula is C11H11BrO2. The van der Waals surface area contributed by atoms with Gasteiger partial charge in [-0.1, -0.05) is 28.1 Å². The van der Waals surface area contributed by atoms with E-state index in [2.05, 4.69) is 28.1 Å². The van der Waals surface area contributed by atoms with Gasteiger partial charge in [0.2, 0.25) is 0 Å². The normalized spacial score (nSPS) is 25.2.